The minimum absolute atomic E-state index is 0.298. The first-order valence-corrected chi connectivity index (χ1v) is 7.09. The summed E-state index contributed by atoms with van der Waals surface area (Å²) in [6.07, 6.45) is 3.88. The lowest BCUT2D eigenvalue weighted by atomic mass is 9.66. The first kappa shape index (κ1) is 11.2. The van der Waals surface area contributed by atoms with Gasteiger partial charge in [0.05, 0.1) is 16.4 Å². The molecule has 1 aliphatic carbocycles. The number of sulfone groups is 1. The molecule has 0 amide bonds. The lowest BCUT2D eigenvalue weighted by Gasteiger charge is -2.35. The van der Waals surface area contributed by atoms with E-state index in [1.807, 2.05) is 6.07 Å². The Bertz CT molecular complexity index is 551. The minimum atomic E-state index is -3.19. The zero-order valence-electron chi connectivity index (χ0n) is 9.10. The average Bonchev–Trinajstić information content (AvgIpc) is 2.16. The maximum atomic E-state index is 11.4. The Hall–Kier alpha value is -1.34. The van der Waals surface area contributed by atoms with Crippen LogP contribution in [0.5, 0.6) is 0 Å². The van der Waals surface area contributed by atoms with E-state index in [0.717, 1.165) is 24.8 Å². The number of nitriles is 1. The van der Waals surface area contributed by atoms with Crippen LogP contribution < -0.4 is 0 Å². The highest BCUT2D eigenvalue weighted by atomic mass is 32.2. The van der Waals surface area contributed by atoms with Crippen LogP contribution in [0.15, 0.2) is 29.2 Å². The molecule has 4 heteroatoms. The molecule has 84 valence electrons. The summed E-state index contributed by atoms with van der Waals surface area (Å²) >= 11 is 0. The molecule has 1 aromatic rings. The van der Waals surface area contributed by atoms with Gasteiger partial charge in [0, 0.05) is 6.26 Å². The Morgan fingerprint density at radius 1 is 1.38 bits per heavy atom. The molecule has 0 saturated heterocycles. The molecule has 2 rings (SSSR count). The summed E-state index contributed by atoms with van der Waals surface area (Å²) in [5, 5.41) is 9.18. The fraction of sp³-hybridized carbons (Fsp3) is 0.417. The Balaban J connectivity index is 2.49. The Labute approximate surface area is 95.6 Å². The largest absolute Gasteiger partial charge is 0.224 e. The zero-order valence-corrected chi connectivity index (χ0v) is 9.92. The van der Waals surface area contributed by atoms with E-state index in [1.54, 1.807) is 18.2 Å². The van der Waals surface area contributed by atoms with E-state index in [0.29, 0.717) is 4.90 Å². The van der Waals surface area contributed by atoms with Gasteiger partial charge in [0.15, 0.2) is 9.84 Å². The second-order valence-electron chi connectivity index (χ2n) is 4.35. The summed E-state index contributed by atoms with van der Waals surface area (Å²) < 4.78 is 22.8. The fourth-order valence-corrected chi connectivity index (χ4v) is 2.69. The quantitative estimate of drug-likeness (QED) is 0.788. The standard InChI is InChI=1S/C12H13NO2S/c1-16(14,15)11-5-2-4-10(8-11)12(9-13)6-3-7-12/h2,4-5,8H,3,6-7H2,1H3. The van der Waals surface area contributed by atoms with E-state index in [1.165, 1.54) is 6.26 Å². The van der Waals surface area contributed by atoms with Gasteiger partial charge in [-0.3, -0.25) is 0 Å². The molecule has 0 bridgehead atoms. The normalized spacial score (nSPS) is 18.5. The fourth-order valence-electron chi connectivity index (χ4n) is 2.02. The van der Waals surface area contributed by atoms with Crippen LogP contribution in [-0.2, 0) is 15.3 Å². The Kier molecular flexibility index (Phi) is 2.51. The molecule has 16 heavy (non-hydrogen) atoms. The molecule has 1 aliphatic rings. The van der Waals surface area contributed by atoms with Gasteiger partial charge in [-0.25, -0.2) is 8.42 Å². The zero-order chi connectivity index (χ0) is 11.8. The minimum Gasteiger partial charge on any atom is -0.224 e. The lowest BCUT2D eigenvalue weighted by Crippen LogP contribution is -2.32. The highest BCUT2D eigenvalue weighted by Gasteiger charge is 2.39. The number of rotatable bonds is 2. The number of nitrogens with zero attached hydrogens (tertiary/aromatic N) is 1. The van der Waals surface area contributed by atoms with Crippen LogP contribution in [0.4, 0.5) is 0 Å². The van der Waals surface area contributed by atoms with E-state index in [2.05, 4.69) is 6.07 Å². The van der Waals surface area contributed by atoms with Crippen molar-refractivity contribution in [3.63, 3.8) is 0 Å². The van der Waals surface area contributed by atoms with Gasteiger partial charge < -0.3 is 0 Å². The topological polar surface area (TPSA) is 57.9 Å². The molecule has 0 radical (unpaired) electrons. The molecule has 0 aromatic heterocycles. The molecular formula is C12H13NO2S. The molecular weight excluding hydrogens is 222 g/mol. The number of hydrogen-bond donors (Lipinski definition) is 0. The molecule has 1 saturated carbocycles. The third-order valence-corrected chi connectivity index (χ3v) is 4.35. The van der Waals surface area contributed by atoms with E-state index >= 15 is 0 Å². The smallest absolute Gasteiger partial charge is 0.175 e. The van der Waals surface area contributed by atoms with Crippen molar-refractivity contribution >= 4 is 9.84 Å². The maximum Gasteiger partial charge on any atom is 0.175 e. The number of hydrogen-bond acceptors (Lipinski definition) is 3. The molecule has 3 nitrogen and oxygen atoms in total. The Morgan fingerprint density at radius 3 is 2.50 bits per heavy atom. The molecule has 1 aromatic carbocycles. The monoisotopic (exact) mass is 235 g/mol. The van der Waals surface area contributed by atoms with E-state index in [9.17, 15) is 13.7 Å². The summed E-state index contributed by atoms with van der Waals surface area (Å²) in [4.78, 5) is 0.298. The Morgan fingerprint density at radius 2 is 2.06 bits per heavy atom. The molecule has 0 spiro atoms. The van der Waals surface area contributed by atoms with Crippen LogP contribution in [-0.4, -0.2) is 14.7 Å². The van der Waals surface area contributed by atoms with Crippen LogP contribution >= 0.6 is 0 Å². The van der Waals surface area contributed by atoms with Crippen molar-refractivity contribution in [3.8, 4) is 6.07 Å². The van der Waals surface area contributed by atoms with Crippen molar-refractivity contribution in [1.29, 1.82) is 5.26 Å². The second-order valence-corrected chi connectivity index (χ2v) is 6.36. The third kappa shape index (κ3) is 1.72. The molecule has 1 fully saturated rings. The summed E-state index contributed by atoms with van der Waals surface area (Å²) in [7, 11) is -3.19. The van der Waals surface area contributed by atoms with Gasteiger partial charge in [-0.2, -0.15) is 5.26 Å². The average molecular weight is 235 g/mol. The van der Waals surface area contributed by atoms with Gasteiger partial charge in [0.25, 0.3) is 0 Å². The van der Waals surface area contributed by atoms with Crippen LogP contribution in [0, 0.1) is 11.3 Å². The first-order chi connectivity index (χ1) is 7.48. The van der Waals surface area contributed by atoms with Gasteiger partial charge in [0.1, 0.15) is 0 Å². The van der Waals surface area contributed by atoms with Crippen LogP contribution in [0.3, 0.4) is 0 Å². The molecule has 0 unspecified atom stereocenters. The van der Waals surface area contributed by atoms with Crippen molar-refractivity contribution in [3.05, 3.63) is 29.8 Å². The van der Waals surface area contributed by atoms with Gasteiger partial charge in [-0.15, -0.1) is 0 Å². The predicted octanol–water partition coefficient (Wildman–Crippen LogP) is 2.04. The molecule has 0 N–H and O–H groups in total. The van der Waals surface area contributed by atoms with Crippen molar-refractivity contribution < 1.29 is 8.42 Å². The van der Waals surface area contributed by atoms with Crippen LogP contribution in [0.2, 0.25) is 0 Å². The summed E-state index contributed by atoms with van der Waals surface area (Å²) in [5.41, 5.74) is 0.393. The molecule has 0 aliphatic heterocycles. The van der Waals surface area contributed by atoms with Gasteiger partial charge in [-0.1, -0.05) is 12.1 Å². The summed E-state index contributed by atoms with van der Waals surface area (Å²) in [6, 6.07) is 9.08. The second kappa shape index (κ2) is 3.60. The van der Waals surface area contributed by atoms with Crippen molar-refractivity contribution in [1.82, 2.24) is 0 Å². The molecule has 0 atom stereocenters. The highest BCUT2D eigenvalue weighted by molar-refractivity contribution is 7.90. The van der Waals surface area contributed by atoms with Crippen LogP contribution in [0.1, 0.15) is 24.8 Å². The van der Waals surface area contributed by atoms with E-state index in [-0.39, 0.29) is 0 Å². The third-order valence-electron chi connectivity index (χ3n) is 3.24. The maximum absolute atomic E-state index is 11.4. The van der Waals surface area contributed by atoms with Gasteiger partial charge in [-0.05, 0) is 37.0 Å². The van der Waals surface area contributed by atoms with Crippen LogP contribution in [0.25, 0.3) is 0 Å². The van der Waals surface area contributed by atoms with Gasteiger partial charge in [0.2, 0.25) is 0 Å². The summed E-state index contributed by atoms with van der Waals surface area (Å²) in [5.74, 6) is 0. The predicted molar refractivity (Wildman–Crippen MR) is 60.7 cm³/mol. The lowest BCUT2D eigenvalue weighted by molar-refractivity contribution is 0.323. The summed E-state index contributed by atoms with van der Waals surface area (Å²) in [6.45, 7) is 0. The van der Waals surface area contributed by atoms with Crippen molar-refractivity contribution in [2.24, 2.45) is 0 Å². The van der Waals surface area contributed by atoms with Crippen molar-refractivity contribution in [2.75, 3.05) is 6.26 Å². The van der Waals surface area contributed by atoms with E-state index in [4.69, 9.17) is 0 Å². The highest BCUT2D eigenvalue weighted by Crippen LogP contribution is 2.43. The SMILES string of the molecule is CS(=O)(=O)c1cccc(C2(C#N)CCC2)c1. The first-order valence-electron chi connectivity index (χ1n) is 5.20. The van der Waals surface area contributed by atoms with Crippen molar-refractivity contribution in [2.45, 2.75) is 29.6 Å². The number of benzene rings is 1. The molecule has 0 heterocycles. The van der Waals surface area contributed by atoms with Gasteiger partial charge >= 0.3 is 0 Å². The van der Waals surface area contributed by atoms with E-state index < -0.39 is 15.3 Å².